The number of nitrogens with one attached hydrogen (secondary N) is 1. The molecular formula is C25H32N4O3S2. The predicted octanol–water partition coefficient (Wildman–Crippen LogP) is 5.88. The van der Waals surface area contributed by atoms with E-state index in [1.807, 2.05) is 30.3 Å². The van der Waals surface area contributed by atoms with E-state index < -0.39 is 5.92 Å². The van der Waals surface area contributed by atoms with E-state index in [1.54, 1.807) is 24.2 Å². The van der Waals surface area contributed by atoms with Gasteiger partial charge in [-0.3, -0.25) is 9.59 Å². The minimum Gasteiger partial charge on any atom is -0.444 e. The Morgan fingerprint density at radius 2 is 1.88 bits per heavy atom. The highest BCUT2D eigenvalue weighted by molar-refractivity contribution is 8.00. The van der Waals surface area contributed by atoms with Crippen LogP contribution < -0.4 is 11.1 Å². The van der Waals surface area contributed by atoms with Gasteiger partial charge in [0.1, 0.15) is 10.8 Å². The number of rotatable bonds is 12. The number of nitrogens with two attached hydrogens (primary N) is 1. The summed E-state index contributed by atoms with van der Waals surface area (Å²) in [7, 11) is 0. The topological polar surface area (TPSA) is 111 Å². The van der Waals surface area contributed by atoms with Gasteiger partial charge in [-0.2, -0.15) is 0 Å². The van der Waals surface area contributed by atoms with Gasteiger partial charge in [0, 0.05) is 17.5 Å². The fourth-order valence-electron chi connectivity index (χ4n) is 3.30. The van der Waals surface area contributed by atoms with Gasteiger partial charge in [0.05, 0.1) is 28.3 Å². The molecule has 7 nitrogen and oxygen atoms in total. The number of anilines is 1. The first-order valence-corrected chi connectivity index (χ1v) is 13.2. The molecule has 0 aliphatic carbocycles. The molecule has 9 heteroatoms. The third-order valence-electron chi connectivity index (χ3n) is 5.23. The minimum atomic E-state index is -0.410. The molecule has 0 saturated heterocycles. The van der Waals surface area contributed by atoms with Crippen molar-refractivity contribution < 1.29 is 14.0 Å². The summed E-state index contributed by atoms with van der Waals surface area (Å²) >= 11 is 3.07. The monoisotopic (exact) mass is 500 g/mol. The number of para-hydroxylation sites is 1. The van der Waals surface area contributed by atoms with E-state index in [9.17, 15) is 9.59 Å². The molecule has 0 aliphatic heterocycles. The molecule has 2 heterocycles. The second kappa shape index (κ2) is 12.2. The molecule has 182 valence electrons. The first kappa shape index (κ1) is 26.0. The second-order valence-corrected chi connectivity index (χ2v) is 11.5. The van der Waals surface area contributed by atoms with E-state index in [4.69, 9.17) is 10.2 Å². The van der Waals surface area contributed by atoms with Crippen molar-refractivity contribution in [1.29, 1.82) is 0 Å². The number of hydrogen-bond acceptors (Lipinski definition) is 7. The van der Waals surface area contributed by atoms with Crippen LogP contribution in [0.5, 0.6) is 0 Å². The molecule has 3 rings (SSSR count). The fraction of sp³-hybridized carbons (Fsp3) is 0.440. The van der Waals surface area contributed by atoms with Gasteiger partial charge >= 0.3 is 0 Å². The molecule has 0 spiro atoms. The Morgan fingerprint density at radius 3 is 2.56 bits per heavy atom. The first-order chi connectivity index (χ1) is 16.2. The maximum Gasteiger partial charge on any atom is 0.227 e. The third-order valence-corrected chi connectivity index (χ3v) is 7.52. The summed E-state index contributed by atoms with van der Waals surface area (Å²) in [6.07, 6.45) is 7.05. The van der Waals surface area contributed by atoms with Crippen LogP contribution in [0.15, 0.2) is 51.4 Å². The van der Waals surface area contributed by atoms with Crippen LogP contribution in [0.1, 0.15) is 75.5 Å². The van der Waals surface area contributed by atoms with Gasteiger partial charge in [0.2, 0.25) is 17.7 Å². The average molecular weight is 501 g/mol. The fourth-order valence-corrected chi connectivity index (χ4v) is 5.29. The second-order valence-electron chi connectivity index (χ2n) is 9.14. The standard InChI is InChI=1S/C25H32N4O3S2/c1-25(2,3)19-14-27-21(32-19)16-33-22-15-28-24(34-22)18(23(26)31)12-8-5-9-13-20(30)29-17-10-6-4-7-11-17/h4,6-7,10-11,14-15,18H,5,8-9,12-13,16H2,1-3H3,(H2,26,31)(H,29,30). The van der Waals surface area contributed by atoms with Crippen LogP contribution in [0.4, 0.5) is 5.69 Å². The molecule has 0 fully saturated rings. The Morgan fingerprint density at radius 1 is 1.12 bits per heavy atom. The first-order valence-electron chi connectivity index (χ1n) is 11.4. The van der Waals surface area contributed by atoms with Crippen molar-refractivity contribution in [1.82, 2.24) is 9.97 Å². The lowest BCUT2D eigenvalue weighted by Gasteiger charge is -2.12. The molecule has 0 saturated carbocycles. The Bertz CT molecular complexity index is 1070. The Hall–Kier alpha value is -2.65. The molecular weight excluding hydrogens is 468 g/mol. The smallest absolute Gasteiger partial charge is 0.227 e. The number of primary amides is 1. The number of thiazole rings is 1. The van der Waals surface area contributed by atoms with Crippen molar-refractivity contribution in [2.75, 3.05) is 5.32 Å². The van der Waals surface area contributed by atoms with Crippen molar-refractivity contribution >= 4 is 40.6 Å². The van der Waals surface area contributed by atoms with Gasteiger partial charge in [-0.25, -0.2) is 9.97 Å². The van der Waals surface area contributed by atoms with Gasteiger partial charge in [0.15, 0.2) is 0 Å². The number of benzene rings is 1. The molecule has 0 bridgehead atoms. The molecule has 1 atom stereocenters. The van der Waals surface area contributed by atoms with Crippen LogP contribution in [-0.2, 0) is 20.8 Å². The van der Waals surface area contributed by atoms with Gasteiger partial charge < -0.3 is 15.5 Å². The number of amides is 2. The maximum atomic E-state index is 12.1. The number of thioether (sulfide) groups is 1. The van der Waals surface area contributed by atoms with E-state index in [0.29, 0.717) is 24.5 Å². The van der Waals surface area contributed by atoms with Crippen LogP contribution in [0.3, 0.4) is 0 Å². The highest BCUT2D eigenvalue weighted by atomic mass is 32.2. The molecule has 3 aromatic rings. The number of carbonyl (C=O) groups excluding carboxylic acids is 2. The van der Waals surface area contributed by atoms with Crippen molar-refractivity contribution in [3.05, 3.63) is 59.4 Å². The minimum absolute atomic E-state index is 0.0000843. The summed E-state index contributed by atoms with van der Waals surface area (Å²) in [4.78, 5) is 32.9. The number of oxazole rings is 1. The predicted molar refractivity (Wildman–Crippen MR) is 137 cm³/mol. The summed E-state index contributed by atoms with van der Waals surface area (Å²) in [6, 6.07) is 9.42. The maximum absolute atomic E-state index is 12.1. The van der Waals surface area contributed by atoms with E-state index in [2.05, 4.69) is 36.1 Å². The van der Waals surface area contributed by atoms with E-state index in [-0.39, 0.29) is 17.2 Å². The molecule has 34 heavy (non-hydrogen) atoms. The number of carbonyl (C=O) groups is 2. The largest absolute Gasteiger partial charge is 0.444 e. The lowest BCUT2D eigenvalue weighted by molar-refractivity contribution is -0.119. The van der Waals surface area contributed by atoms with Crippen LogP contribution >= 0.6 is 23.1 Å². The van der Waals surface area contributed by atoms with Gasteiger partial charge in [-0.1, -0.05) is 51.8 Å². The number of nitrogens with zero attached hydrogens (tertiary/aromatic N) is 2. The van der Waals surface area contributed by atoms with Crippen LogP contribution in [0.2, 0.25) is 0 Å². The average Bonchev–Trinajstić information content (AvgIpc) is 3.45. The van der Waals surface area contributed by atoms with Crippen molar-refractivity contribution in [2.45, 2.75) is 74.2 Å². The summed E-state index contributed by atoms with van der Waals surface area (Å²) in [5.41, 5.74) is 6.39. The molecule has 3 N–H and O–H groups in total. The highest BCUT2D eigenvalue weighted by Gasteiger charge is 2.22. The molecule has 0 radical (unpaired) electrons. The summed E-state index contributed by atoms with van der Waals surface area (Å²) in [5.74, 6) is 1.36. The summed E-state index contributed by atoms with van der Waals surface area (Å²) in [6.45, 7) is 6.26. The van der Waals surface area contributed by atoms with Crippen molar-refractivity contribution in [2.24, 2.45) is 5.73 Å². The molecule has 1 aromatic carbocycles. The Balaban J connectivity index is 1.42. The van der Waals surface area contributed by atoms with E-state index in [1.165, 1.54) is 11.3 Å². The van der Waals surface area contributed by atoms with Crippen LogP contribution in [0, 0.1) is 0 Å². The SMILES string of the molecule is CC(C)(C)c1cnc(CSc2cnc(C(CCCCCC(=O)Nc3ccccc3)C(N)=O)s2)o1. The molecule has 0 aliphatic rings. The summed E-state index contributed by atoms with van der Waals surface area (Å²) in [5, 5.41) is 3.62. The van der Waals surface area contributed by atoms with Gasteiger partial charge in [0.25, 0.3) is 0 Å². The number of hydrogen-bond donors (Lipinski definition) is 2. The van der Waals surface area contributed by atoms with Crippen molar-refractivity contribution in [3.8, 4) is 0 Å². The quantitative estimate of drug-likeness (QED) is 0.237. The zero-order valence-corrected chi connectivity index (χ0v) is 21.5. The Kier molecular flexibility index (Phi) is 9.29. The molecule has 2 aromatic heterocycles. The highest BCUT2D eigenvalue weighted by Crippen LogP contribution is 2.34. The molecule has 1 unspecified atom stereocenters. The lowest BCUT2D eigenvalue weighted by atomic mass is 9.94. The third kappa shape index (κ3) is 7.99. The number of unbranched alkanes of at least 4 members (excludes halogenated alkanes) is 2. The molecule has 2 amide bonds. The zero-order valence-electron chi connectivity index (χ0n) is 19.9. The lowest BCUT2D eigenvalue weighted by Crippen LogP contribution is -2.21. The Labute approximate surface area is 208 Å². The van der Waals surface area contributed by atoms with E-state index >= 15 is 0 Å². The summed E-state index contributed by atoms with van der Waals surface area (Å²) < 4.78 is 6.83. The van der Waals surface area contributed by atoms with Crippen LogP contribution in [0.25, 0.3) is 0 Å². The zero-order chi connectivity index (χ0) is 24.6. The number of aromatic nitrogens is 2. The van der Waals surface area contributed by atoms with Gasteiger partial charge in [-0.05, 0) is 25.0 Å². The van der Waals surface area contributed by atoms with Crippen LogP contribution in [-0.4, -0.2) is 21.8 Å². The normalized spacial score (nSPS) is 12.4. The van der Waals surface area contributed by atoms with Crippen molar-refractivity contribution in [3.63, 3.8) is 0 Å². The van der Waals surface area contributed by atoms with Gasteiger partial charge in [-0.15, -0.1) is 23.1 Å². The van der Waals surface area contributed by atoms with E-state index in [0.717, 1.165) is 39.9 Å².